The van der Waals surface area contributed by atoms with Gasteiger partial charge in [0.15, 0.2) is 0 Å². The fourth-order valence-corrected chi connectivity index (χ4v) is 0.879. The summed E-state index contributed by atoms with van der Waals surface area (Å²) >= 11 is 5.54. The first-order chi connectivity index (χ1) is 4.54. The van der Waals surface area contributed by atoms with Gasteiger partial charge in [-0.1, -0.05) is 6.92 Å². The maximum Gasteiger partial charge on any atom is 0.0765 e. The van der Waals surface area contributed by atoms with E-state index in [-0.39, 0.29) is 5.92 Å². The van der Waals surface area contributed by atoms with E-state index in [1.54, 1.807) is 6.92 Å². The standard InChI is InChI=1S/C8H13ClO/c1-4-5-8(3,10)7(2)6-9/h1,7,10H,5-6H2,2-3H3. The Hall–Kier alpha value is -0.190. The van der Waals surface area contributed by atoms with Crippen molar-refractivity contribution in [3.8, 4) is 12.3 Å². The molecule has 0 rings (SSSR count). The molecule has 0 amide bonds. The second-order valence-electron chi connectivity index (χ2n) is 2.79. The van der Waals surface area contributed by atoms with Gasteiger partial charge >= 0.3 is 0 Å². The number of aliphatic hydroxyl groups is 1. The molecule has 0 fully saturated rings. The molecule has 0 aromatic rings. The van der Waals surface area contributed by atoms with Gasteiger partial charge in [-0.05, 0) is 12.8 Å². The molecule has 58 valence electrons. The maximum atomic E-state index is 9.56. The molecule has 2 unspecified atom stereocenters. The fourth-order valence-electron chi connectivity index (χ4n) is 0.547. The molecule has 0 aromatic heterocycles. The van der Waals surface area contributed by atoms with Crippen LogP contribution in [0.4, 0.5) is 0 Å². The Kier molecular flexibility index (Phi) is 3.78. The third kappa shape index (κ3) is 2.60. The predicted octanol–water partition coefficient (Wildman–Crippen LogP) is 1.64. The summed E-state index contributed by atoms with van der Waals surface area (Å²) in [6.45, 7) is 3.59. The lowest BCUT2D eigenvalue weighted by atomic mass is 9.89. The second kappa shape index (κ2) is 3.85. The highest BCUT2D eigenvalue weighted by Crippen LogP contribution is 2.20. The molecule has 0 radical (unpaired) electrons. The minimum atomic E-state index is -0.809. The van der Waals surface area contributed by atoms with E-state index in [1.165, 1.54) is 0 Å². The molecule has 0 bridgehead atoms. The lowest BCUT2D eigenvalue weighted by Gasteiger charge is -2.26. The highest BCUT2D eigenvalue weighted by atomic mass is 35.5. The van der Waals surface area contributed by atoms with Gasteiger partial charge in [0, 0.05) is 12.3 Å². The van der Waals surface area contributed by atoms with Crippen LogP contribution < -0.4 is 0 Å². The van der Waals surface area contributed by atoms with Crippen molar-refractivity contribution >= 4 is 11.6 Å². The third-order valence-corrected chi connectivity index (χ3v) is 2.22. The Morgan fingerprint density at radius 1 is 1.80 bits per heavy atom. The quantitative estimate of drug-likeness (QED) is 0.492. The van der Waals surface area contributed by atoms with Gasteiger partial charge in [-0.2, -0.15) is 0 Å². The average Bonchev–Trinajstić information content (AvgIpc) is 1.86. The summed E-state index contributed by atoms with van der Waals surface area (Å²) in [5, 5.41) is 9.56. The molecule has 0 aliphatic carbocycles. The van der Waals surface area contributed by atoms with Crippen molar-refractivity contribution in [3.63, 3.8) is 0 Å². The summed E-state index contributed by atoms with van der Waals surface area (Å²) in [6.07, 6.45) is 5.42. The van der Waals surface area contributed by atoms with E-state index in [9.17, 15) is 5.11 Å². The van der Waals surface area contributed by atoms with Crippen molar-refractivity contribution in [1.29, 1.82) is 0 Å². The lowest BCUT2D eigenvalue weighted by molar-refractivity contribution is 0.0201. The number of hydrogen-bond donors (Lipinski definition) is 1. The van der Waals surface area contributed by atoms with Crippen LogP contribution in [0.15, 0.2) is 0 Å². The predicted molar refractivity (Wildman–Crippen MR) is 44.0 cm³/mol. The van der Waals surface area contributed by atoms with Crippen molar-refractivity contribution in [2.75, 3.05) is 5.88 Å². The van der Waals surface area contributed by atoms with Gasteiger partial charge in [0.1, 0.15) is 0 Å². The van der Waals surface area contributed by atoms with Crippen molar-refractivity contribution < 1.29 is 5.11 Å². The molecule has 2 heteroatoms. The summed E-state index contributed by atoms with van der Waals surface area (Å²) in [6, 6.07) is 0. The zero-order valence-electron chi connectivity index (χ0n) is 6.39. The Bertz CT molecular complexity index is 135. The summed E-state index contributed by atoms with van der Waals surface area (Å²) in [5.74, 6) is 2.90. The van der Waals surface area contributed by atoms with Crippen LogP contribution in [0.25, 0.3) is 0 Å². The van der Waals surface area contributed by atoms with E-state index < -0.39 is 5.60 Å². The van der Waals surface area contributed by atoms with E-state index in [4.69, 9.17) is 18.0 Å². The van der Waals surface area contributed by atoms with Gasteiger partial charge in [0.05, 0.1) is 5.60 Å². The zero-order chi connectivity index (χ0) is 8.20. The molecule has 10 heavy (non-hydrogen) atoms. The van der Waals surface area contributed by atoms with Gasteiger partial charge in [0.25, 0.3) is 0 Å². The van der Waals surface area contributed by atoms with Crippen molar-refractivity contribution in [2.45, 2.75) is 25.9 Å². The smallest absolute Gasteiger partial charge is 0.0765 e. The summed E-state index contributed by atoms with van der Waals surface area (Å²) in [7, 11) is 0. The van der Waals surface area contributed by atoms with Crippen LogP contribution in [0.5, 0.6) is 0 Å². The van der Waals surface area contributed by atoms with Gasteiger partial charge < -0.3 is 5.11 Å². The summed E-state index contributed by atoms with van der Waals surface area (Å²) in [5.41, 5.74) is -0.809. The summed E-state index contributed by atoms with van der Waals surface area (Å²) in [4.78, 5) is 0. The highest BCUT2D eigenvalue weighted by Gasteiger charge is 2.26. The first-order valence-electron chi connectivity index (χ1n) is 3.26. The first kappa shape index (κ1) is 9.81. The summed E-state index contributed by atoms with van der Waals surface area (Å²) < 4.78 is 0. The molecular formula is C8H13ClO. The van der Waals surface area contributed by atoms with Crippen LogP contribution in [0.2, 0.25) is 0 Å². The molecule has 0 aliphatic heterocycles. The van der Waals surface area contributed by atoms with E-state index >= 15 is 0 Å². The minimum absolute atomic E-state index is 0.0465. The highest BCUT2D eigenvalue weighted by molar-refractivity contribution is 6.18. The van der Waals surface area contributed by atoms with Crippen LogP contribution in [-0.2, 0) is 0 Å². The normalized spacial score (nSPS) is 19.1. The number of terminal acetylenes is 1. The van der Waals surface area contributed by atoms with Crippen molar-refractivity contribution in [2.24, 2.45) is 5.92 Å². The Labute approximate surface area is 67.4 Å². The molecular weight excluding hydrogens is 148 g/mol. The Morgan fingerprint density at radius 3 is 2.60 bits per heavy atom. The monoisotopic (exact) mass is 160 g/mol. The first-order valence-corrected chi connectivity index (χ1v) is 3.80. The van der Waals surface area contributed by atoms with Crippen LogP contribution >= 0.6 is 11.6 Å². The fraction of sp³-hybridized carbons (Fsp3) is 0.750. The van der Waals surface area contributed by atoms with Crippen LogP contribution in [0, 0.1) is 18.3 Å². The van der Waals surface area contributed by atoms with E-state index in [1.807, 2.05) is 6.92 Å². The van der Waals surface area contributed by atoms with Crippen molar-refractivity contribution in [1.82, 2.24) is 0 Å². The molecule has 0 saturated heterocycles. The van der Waals surface area contributed by atoms with Crippen LogP contribution in [0.1, 0.15) is 20.3 Å². The van der Waals surface area contributed by atoms with Crippen LogP contribution in [0.3, 0.4) is 0 Å². The van der Waals surface area contributed by atoms with Gasteiger partial charge in [-0.15, -0.1) is 23.9 Å². The van der Waals surface area contributed by atoms with E-state index in [0.717, 1.165) is 0 Å². The molecule has 2 atom stereocenters. The van der Waals surface area contributed by atoms with Crippen LogP contribution in [-0.4, -0.2) is 16.6 Å². The SMILES string of the molecule is C#CCC(C)(O)C(C)CCl. The van der Waals surface area contributed by atoms with E-state index in [0.29, 0.717) is 12.3 Å². The number of hydrogen-bond acceptors (Lipinski definition) is 1. The lowest BCUT2D eigenvalue weighted by Crippen LogP contribution is -2.33. The number of halogens is 1. The molecule has 0 aliphatic rings. The Morgan fingerprint density at radius 2 is 2.30 bits per heavy atom. The van der Waals surface area contributed by atoms with Gasteiger partial charge in [-0.25, -0.2) is 0 Å². The minimum Gasteiger partial charge on any atom is -0.389 e. The zero-order valence-corrected chi connectivity index (χ0v) is 7.15. The molecule has 0 aromatic carbocycles. The van der Waals surface area contributed by atoms with Crippen molar-refractivity contribution in [3.05, 3.63) is 0 Å². The molecule has 0 heterocycles. The third-order valence-electron chi connectivity index (χ3n) is 1.75. The number of rotatable bonds is 3. The topological polar surface area (TPSA) is 20.2 Å². The van der Waals surface area contributed by atoms with E-state index in [2.05, 4.69) is 5.92 Å². The Balaban J connectivity index is 3.98. The molecule has 0 saturated carbocycles. The average molecular weight is 161 g/mol. The molecule has 1 nitrogen and oxygen atoms in total. The molecule has 0 spiro atoms. The molecule has 1 N–H and O–H groups in total. The number of alkyl halides is 1. The van der Waals surface area contributed by atoms with Gasteiger partial charge in [-0.3, -0.25) is 0 Å². The van der Waals surface area contributed by atoms with Gasteiger partial charge in [0.2, 0.25) is 0 Å². The maximum absolute atomic E-state index is 9.56. The second-order valence-corrected chi connectivity index (χ2v) is 3.10. The largest absolute Gasteiger partial charge is 0.389 e.